The van der Waals surface area contributed by atoms with Gasteiger partial charge >= 0.3 is 0 Å². The molecule has 0 radical (unpaired) electrons. The Morgan fingerprint density at radius 1 is 1.50 bits per heavy atom. The van der Waals surface area contributed by atoms with Gasteiger partial charge in [0.05, 0.1) is 0 Å². The molecule has 4 nitrogen and oxygen atoms in total. The molecule has 0 saturated carbocycles. The number of hydrogen-bond donors (Lipinski definition) is 1. The van der Waals surface area contributed by atoms with E-state index in [1.807, 2.05) is 4.90 Å². The van der Waals surface area contributed by atoms with E-state index in [1.165, 1.54) is 0 Å². The highest BCUT2D eigenvalue weighted by atomic mass is 16.2. The second kappa shape index (κ2) is 5.32. The zero-order chi connectivity index (χ0) is 10.6. The van der Waals surface area contributed by atoms with Crippen LogP contribution in [0.5, 0.6) is 0 Å². The monoisotopic (exact) mass is 199 g/mol. The molecule has 0 aliphatic carbocycles. The van der Waals surface area contributed by atoms with Crippen molar-refractivity contribution in [1.82, 2.24) is 9.80 Å². The molecule has 2 N–H and O–H groups in total. The quantitative estimate of drug-likeness (QED) is 0.628. The van der Waals surface area contributed by atoms with Crippen molar-refractivity contribution in [2.45, 2.75) is 25.3 Å². The van der Waals surface area contributed by atoms with Gasteiger partial charge < -0.3 is 15.5 Å². The van der Waals surface area contributed by atoms with Crippen LogP contribution in [0.1, 0.15) is 19.3 Å². The van der Waals surface area contributed by atoms with Gasteiger partial charge in [0.15, 0.2) is 0 Å². The summed E-state index contributed by atoms with van der Waals surface area (Å²) in [4.78, 5) is 15.4. The fourth-order valence-corrected chi connectivity index (χ4v) is 1.75. The summed E-state index contributed by atoms with van der Waals surface area (Å²) in [5.74, 6) is 0.224. The number of rotatable bonds is 5. The fraction of sp³-hybridized carbons (Fsp3) is 0.900. The van der Waals surface area contributed by atoms with Crippen molar-refractivity contribution in [1.29, 1.82) is 0 Å². The number of carbonyl (C=O) groups excluding carboxylic acids is 1. The van der Waals surface area contributed by atoms with Crippen LogP contribution in [-0.4, -0.2) is 55.5 Å². The molecule has 1 aliphatic heterocycles. The number of nitrogens with two attached hydrogens (primary N) is 1. The molecular formula is C10H21N3O. The van der Waals surface area contributed by atoms with Gasteiger partial charge in [0.2, 0.25) is 5.91 Å². The Morgan fingerprint density at radius 2 is 2.21 bits per heavy atom. The van der Waals surface area contributed by atoms with Crippen molar-refractivity contribution in [3.8, 4) is 0 Å². The van der Waals surface area contributed by atoms with Crippen molar-refractivity contribution in [3.63, 3.8) is 0 Å². The summed E-state index contributed by atoms with van der Waals surface area (Å²) >= 11 is 0. The van der Waals surface area contributed by atoms with Gasteiger partial charge in [0.1, 0.15) is 0 Å². The summed E-state index contributed by atoms with van der Waals surface area (Å²) in [6.45, 7) is 2.72. The SMILES string of the molecule is CN(C)CCCCN1CC(N)CC1=O. The lowest BCUT2D eigenvalue weighted by molar-refractivity contribution is -0.127. The van der Waals surface area contributed by atoms with Crippen LogP contribution in [0.2, 0.25) is 0 Å². The Kier molecular flexibility index (Phi) is 4.35. The molecule has 14 heavy (non-hydrogen) atoms. The molecule has 0 aromatic heterocycles. The molecule has 1 saturated heterocycles. The molecule has 1 fully saturated rings. The molecular weight excluding hydrogens is 178 g/mol. The third kappa shape index (κ3) is 3.64. The zero-order valence-corrected chi connectivity index (χ0v) is 9.20. The van der Waals surface area contributed by atoms with Gasteiger partial charge in [-0.05, 0) is 33.5 Å². The molecule has 1 rings (SSSR count). The van der Waals surface area contributed by atoms with E-state index in [0.29, 0.717) is 6.42 Å². The molecule has 1 unspecified atom stereocenters. The number of carbonyl (C=O) groups is 1. The van der Waals surface area contributed by atoms with Gasteiger partial charge in [-0.25, -0.2) is 0 Å². The molecule has 1 heterocycles. The Hall–Kier alpha value is -0.610. The summed E-state index contributed by atoms with van der Waals surface area (Å²) in [6.07, 6.45) is 2.76. The van der Waals surface area contributed by atoms with Crippen molar-refractivity contribution < 1.29 is 4.79 Å². The lowest BCUT2D eigenvalue weighted by Crippen LogP contribution is -2.29. The summed E-state index contributed by atoms with van der Waals surface area (Å²) in [6, 6.07) is 0.0661. The highest BCUT2D eigenvalue weighted by Crippen LogP contribution is 2.09. The lowest BCUT2D eigenvalue weighted by Gasteiger charge is -2.16. The van der Waals surface area contributed by atoms with E-state index in [2.05, 4.69) is 19.0 Å². The van der Waals surface area contributed by atoms with Gasteiger partial charge in [-0.1, -0.05) is 0 Å². The van der Waals surface area contributed by atoms with Crippen molar-refractivity contribution in [2.24, 2.45) is 5.73 Å². The second-order valence-corrected chi connectivity index (χ2v) is 4.31. The molecule has 0 bridgehead atoms. The van der Waals surface area contributed by atoms with Crippen LogP contribution in [0.3, 0.4) is 0 Å². The van der Waals surface area contributed by atoms with Crippen LogP contribution in [0, 0.1) is 0 Å². The Balaban J connectivity index is 2.10. The van der Waals surface area contributed by atoms with Crippen molar-refractivity contribution in [3.05, 3.63) is 0 Å². The molecule has 1 amide bonds. The molecule has 1 aliphatic rings. The van der Waals surface area contributed by atoms with E-state index in [4.69, 9.17) is 5.73 Å². The Bertz CT molecular complexity index is 194. The third-order valence-corrected chi connectivity index (χ3v) is 2.53. The maximum atomic E-state index is 11.3. The van der Waals surface area contributed by atoms with Crippen molar-refractivity contribution in [2.75, 3.05) is 33.7 Å². The lowest BCUT2D eigenvalue weighted by atomic mass is 10.3. The van der Waals surface area contributed by atoms with Crippen LogP contribution < -0.4 is 5.73 Å². The standard InChI is InChI=1S/C10H21N3O/c1-12(2)5-3-4-6-13-8-9(11)7-10(13)14/h9H,3-8,11H2,1-2H3. The molecule has 1 atom stereocenters. The average molecular weight is 199 g/mol. The summed E-state index contributed by atoms with van der Waals surface area (Å²) in [7, 11) is 4.13. The first-order valence-corrected chi connectivity index (χ1v) is 5.27. The van der Waals surface area contributed by atoms with Crippen LogP contribution in [-0.2, 0) is 4.79 Å². The first-order chi connectivity index (χ1) is 6.59. The highest BCUT2D eigenvalue weighted by Gasteiger charge is 2.25. The van der Waals surface area contributed by atoms with Gasteiger partial charge in [0.25, 0.3) is 0 Å². The highest BCUT2D eigenvalue weighted by molar-refractivity contribution is 5.79. The van der Waals surface area contributed by atoms with Crippen LogP contribution in [0.25, 0.3) is 0 Å². The van der Waals surface area contributed by atoms with E-state index < -0.39 is 0 Å². The summed E-state index contributed by atoms with van der Waals surface area (Å²) in [5.41, 5.74) is 5.70. The Labute approximate surface area is 86.0 Å². The number of hydrogen-bond acceptors (Lipinski definition) is 3. The third-order valence-electron chi connectivity index (χ3n) is 2.53. The van der Waals surface area contributed by atoms with E-state index in [-0.39, 0.29) is 11.9 Å². The summed E-state index contributed by atoms with van der Waals surface area (Å²) in [5, 5.41) is 0. The van der Waals surface area contributed by atoms with Crippen LogP contribution in [0.4, 0.5) is 0 Å². The number of nitrogens with zero attached hydrogens (tertiary/aromatic N) is 2. The molecule has 0 aromatic rings. The number of unbranched alkanes of at least 4 members (excludes halogenated alkanes) is 1. The molecule has 4 heteroatoms. The van der Waals surface area contributed by atoms with Crippen LogP contribution in [0.15, 0.2) is 0 Å². The minimum Gasteiger partial charge on any atom is -0.341 e. The van der Waals surface area contributed by atoms with Gasteiger partial charge in [-0.3, -0.25) is 4.79 Å². The predicted octanol–water partition coefficient (Wildman–Crippen LogP) is -0.112. The average Bonchev–Trinajstić information content (AvgIpc) is 2.39. The number of likely N-dealkylation sites (tertiary alicyclic amines) is 1. The first-order valence-electron chi connectivity index (χ1n) is 5.27. The maximum Gasteiger partial charge on any atom is 0.224 e. The van der Waals surface area contributed by atoms with E-state index in [0.717, 1.165) is 32.5 Å². The first kappa shape index (κ1) is 11.5. The van der Waals surface area contributed by atoms with Crippen LogP contribution >= 0.6 is 0 Å². The van der Waals surface area contributed by atoms with E-state index in [9.17, 15) is 4.79 Å². The Morgan fingerprint density at radius 3 is 2.71 bits per heavy atom. The summed E-state index contributed by atoms with van der Waals surface area (Å²) < 4.78 is 0. The molecule has 82 valence electrons. The fourth-order valence-electron chi connectivity index (χ4n) is 1.75. The van der Waals surface area contributed by atoms with Gasteiger partial charge in [-0.2, -0.15) is 0 Å². The molecule has 0 aromatic carbocycles. The predicted molar refractivity (Wildman–Crippen MR) is 57.0 cm³/mol. The van der Waals surface area contributed by atoms with Gasteiger partial charge in [-0.15, -0.1) is 0 Å². The minimum atomic E-state index is 0.0661. The smallest absolute Gasteiger partial charge is 0.224 e. The zero-order valence-electron chi connectivity index (χ0n) is 9.20. The normalized spacial score (nSPS) is 22.4. The second-order valence-electron chi connectivity index (χ2n) is 4.31. The topological polar surface area (TPSA) is 49.6 Å². The van der Waals surface area contributed by atoms with E-state index in [1.54, 1.807) is 0 Å². The van der Waals surface area contributed by atoms with Crippen molar-refractivity contribution >= 4 is 5.91 Å². The van der Waals surface area contributed by atoms with Gasteiger partial charge in [0, 0.05) is 25.6 Å². The maximum absolute atomic E-state index is 11.3. The van der Waals surface area contributed by atoms with E-state index >= 15 is 0 Å². The number of amides is 1. The molecule has 0 spiro atoms. The minimum absolute atomic E-state index is 0.0661. The largest absolute Gasteiger partial charge is 0.341 e.